The minimum absolute atomic E-state index is 0.0519. The van der Waals surface area contributed by atoms with Gasteiger partial charge in [-0.05, 0) is 31.0 Å². The smallest absolute Gasteiger partial charge is 0.122 e. The van der Waals surface area contributed by atoms with Gasteiger partial charge in [-0.1, -0.05) is 12.1 Å². The van der Waals surface area contributed by atoms with Crippen LogP contribution in [0.3, 0.4) is 0 Å². The fourth-order valence-electron chi connectivity index (χ4n) is 1.83. The van der Waals surface area contributed by atoms with E-state index in [4.69, 9.17) is 10.5 Å². The first-order valence-electron chi connectivity index (χ1n) is 6.02. The highest BCUT2D eigenvalue weighted by atomic mass is 16.5. The van der Waals surface area contributed by atoms with E-state index in [9.17, 15) is 0 Å². The summed E-state index contributed by atoms with van der Waals surface area (Å²) < 4.78 is 7.55. The molecule has 18 heavy (non-hydrogen) atoms. The lowest BCUT2D eigenvalue weighted by atomic mass is 10.1. The molecule has 0 saturated carbocycles. The van der Waals surface area contributed by atoms with Crippen molar-refractivity contribution in [2.24, 2.45) is 12.8 Å². The lowest BCUT2D eigenvalue weighted by Gasteiger charge is -2.11. The Morgan fingerprint density at radius 2 is 2.22 bits per heavy atom. The molecule has 96 valence electrons. The van der Waals surface area contributed by atoms with Gasteiger partial charge in [0.15, 0.2) is 0 Å². The van der Waals surface area contributed by atoms with Crippen molar-refractivity contribution in [1.29, 1.82) is 0 Å². The molecule has 4 heteroatoms. The Balaban J connectivity index is 2.05. The first-order valence-corrected chi connectivity index (χ1v) is 6.02. The molecule has 1 aromatic heterocycles. The molecule has 1 atom stereocenters. The second kappa shape index (κ2) is 5.23. The van der Waals surface area contributed by atoms with Crippen LogP contribution in [0.5, 0.6) is 5.75 Å². The summed E-state index contributed by atoms with van der Waals surface area (Å²) >= 11 is 0. The molecule has 2 rings (SSSR count). The molecule has 0 spiro atoms. The summed E-state index contributed by atoms with van der Waals surface area (Å²) in [6.45, 7) is 4.54. The Bertz CT molecular complexity index is 532. The average molecular weight is 245 g/mol. The standard InChI is InChI=1S/C14H19N3O/c1-10-6-13(11(2)15)4-5-14(10)18-9-12-7-16-17(3)8-12/h4-8,11H,9,15H2,1-3H3/t11-/m0/s1. The highest BCUT2D eigenvalue weighted by Gasteiger charge is 2.05. The lowest BCUT2D eigenvalue weighted by Crippen LogP contribution is -2.05. The van der Waals surface area contributed by atoms with Crippen molar-refractivity contribution < 1.29 is 4.74 Å². The van der Waals surface area contributed by atoms with E-state index in [-0.39, 0.29) is 6.04 Å². The van der Waals surface area contributed by atoms with E-state index in [0.717, 1.165) is 22.4 Å². The van der Waals surface area contributed by atoms with Crippen LogP contribution >= 0.6 is 0 Å². The summed E-state index contributed by atoms with van der Waals surface area (Å²) in [5.41, 5.74) is 9.14. The first-order chi connectivity index (χ1) is 8.56. The van der Waals surface area contributed by atoms with Gasteiger partial charge < -0.3 is 10.5 Å². The summed E-state index contributed by atoms with van der Waals surface area (Å²) in [5.74, 6) is 0.892. The number of nitrogens with zero attached hydrogens (tertiary/aromatic N) is 2. The molecule has 0 amide bonds. The van der Waals surface area contributed by atoms with Crippen molar-refractivity contribution in [1.82, 2.24) is 9.78 Å². The number of hydrogen-bond donors (Lipinski definition) is 1. The number of hydrogen-bond acceptors (Lipinski definition) is 3. The summed E-state index contributed by atoms with van der Waals surface area (Å²) in [6, 6.07) is 6.11. The van der Waals surface area contributed by atoms with E-state index in [2.05, 4.69) is 11.2 Å². The molecule has 2 N–H and O–H groups in total. The Morgan fingerprint density at radius 1 is 1.44 bits per heavy atom. The van der Waals surface area contributed by atoms with Gasteiger partial charge in [0.25, 0.3) is 0 Å². The van der Waals surface area contributed by atoms with Gasteiger partial charge in [0.05, 0.1) is 6.20 Å². The molecule has 1 heterocycles. The van der Waals surface area contributed by atoms with Crippen LogP contribution in [0.25, 0.3) is 0 Å². The first kappa shape index (κ1) is 12.6. The molecule has 0 bridgehead atoms. The van der Waals surface area contributed by atoms with Crippen molar-refractivity contribution in [3.8, 4) is 5.75 Å². The molecular weight excluding hydrogens is 226 g/mol. The monoisotopic (exact) mass is 245 g/mol. The van der Waals surface area contributed by atoms with Crippen LogP contribution in [-0.4, -0.2) is 9.78 Å². The maximum absolute atomic E-state index is 5.85. The Labute approximate surface area is 107 Å². The van der Waals surface area contributed by atoms with E-state index in [1.54, 1.807) is 4.68 Å². The largest absolute Gasteiger partial charge is 0.489 e. The maximum atomic E-state index is 5.85. The van der Waals surface area contributed by atoms with Gasteiger partial charge in [0, 0.05) is 24.8 Å². The SMILES string of the molecule is Cc1cc([C@H](C)N)ccc1OCc1cnn(C)c1. The molecule has 4 nitrogen and oxygen atoms in total. The Morgan fingerprint density at radius 3 is 2.78 bits per heavy atom. The van der Waals surface area contributed by atoms with Crippen molar-refractivity contribution in [2.45, 2.75) is 26.5 Å². The molecule has 0 fully saturated rings. The highest BCUT2D eigenvalue weighted by molar-refractivity contribution is 5.37. The molecule has 0 saturated heterocycles. The van der Waals surface area contributed by atoms with Crippen LogP contribution in [0.4, 0.5) is 0 Å². The maximum Gasteiger partial charge on any atom is 0.122 e. The third-order valence-corrected chi connectivity index (χ3v) is 2.88. The van der Waals surface area contributed by atoms with Gasteiger partial charge in [-0.3, -0.25) is 4.68 Å². The number of ether oxygens (including phenoxy) is 1. The molecule has 0 aliphatic heterocycles. The van der Waals surface area contributed by atoms with Crippen LogP contribution < -0.4 is 10.5 Å². The van der Waals surface area contributed by atoms with E-state index < -0.39 is 0 Å². The van der Waals surface area contributed by atoms with Crippen LogP contribution in [0.2, 0.25) is 0 Å². The topological polar surface area (TPSA) is 53.1 Å². The molecule has 0 aliphatic rings. The average Bonchev–Trinajstić information content (AvgIpc) is 2.73. The molecular formula is C14H19N3O. The Kier molecular flexibility index (Phi) is 3.67. The number of aryl methyl sites for hydroxylation is 2. The second-order valence-electron chi connectivity index (χ2n) is 4.62. The van der Waals surface area contributed by atoms with Gasteiger partial charge in [-0.25, -0.2) is 0 Å². The number of aromatic nitrogens is 2. The summed E-state index contributed by atoms with van der Waals surface area (Å²) in [5, 5.41) is 4.11. The number of rotatable bonds is 4. The quantitative estimate of drug-likeness (QED) is 0.899. The van der Waals surface area contributed by atoms with Crippen LogP contribution in [0.15, 0.2) is 30.6 Å². The van der Waals surface area contributed by atoms with E-state index in [0.29, 0.717) is 6.61 Å². The predicted molar refractivity (Wildman–Crippen MR) is 71.3 cm³/mol. The lowest BCUT2D eigenvalue weighted by molar-refractivity contribution is 0.304. The molecule has 0 unspecified atom stereocenters. The van der Waals surface area contributed by atoms with E-state index in [1.165, 1.54) is 0 Å². The van der Waals surface area contributed by atoms with Crippen molar-refractivity contribution >= 4 is 0 Å². The normalized spacial score (nSPS) is 12.4. The fourth-order valence-corrected chi connectivity index (χ4v) is 1.83. The summed E-state index contributed by atoms with van der Waals surface area (Å²) in [7, 11) is 1.90. The van der Waals surface area contributed by atoms with Gasteiger partial charge >= 0.3 is 0 Å². The second-order valence-corrected chi connectivity index (χ2v) is 4.62. The fraction of sp³-hybridized carbons (Fsp3) is 0.357. The molecule has 2 aromatic rings. The zero-order chi connectivity index (χ0) is 13.1. The molecule has 1 aromatic carbocycles. The van der Waals surface area contributed by atoms with Crippen molar-refractivity contribution in [3.05, 3.63) is 47.3 Å². The third-order valence-electron chi connectivity index (χ3n) is 2.88. The number of benzene rings is 1. The third kappa shape index (κ3) is 2.90. The summed E-state index contributed by atoms with van der Waals surface area (Å²) in [4.78, 5) is 0. The summed E-state index contributed by atoms with van der Waals surface area (Å²) in [6.07, 6.45) is 3.76. The number of nitrogens with two attached hydrogens (primary N) is 1. The van der Waals surface area contributed by atoms with Crippen molar-refractivity contribution in [3.63, 3.8) is 0 Å². The Hall–Kier alpha value is -1.81. The minimum atomic E-state index is 0.0519. The molecule has 0 radical (unpaired) electrons. The van der Waals surface area contributed by atoms with Crippen LogP contribution in [0, 0.1) is 6.92 Å². The van der Waals surface area contributed by atoms with Gasteiger partial charge in [-0.15, -0.1) is 0 Å². The zero-order valence-electron chi connectivity index (χ0n) is 11.1. The van der Waals surface area contributed by atoms with Crippen LogP contribution in [-0.2, 0) is 13.7 Å². The predicted octanol–water partition coefficient (Wildman–Crippen LogP) is 2.33. The van der Waals surface area contributed by atoms with E-state index >= 15 is 0 Å². The van der Waals surface area contributed by atoms with E-state index in [1.807, 2.05) is 45.4 Å². The molecule has 0 aliphatic carbocycles. The van der Waals surface area contributed by atoms with Gasteiger partial charge in [0.2, 0.25) is 0 Å². The van der Waals surface area contributed by atoms with Crippen LogP contribution in [0.1, 0.15) is 29.7 Å². The van der Waals surface area contributed by atoms with Crippen molar-refractivity contribution in [2.75, 3.05) is 0 Å². The van der Waals surface area contributed by atoms with Gasteiger partial charge in [0.1, 0.15) is 12.4 Å². The highest BCUT2D eigenvalue weighted by Crippen LogP contribution is 2.22. The van der Waals surface area contributed by atoms with Gasteiger partial charge in [-0.2, -0.15) is 5.10 Å². The zero-order valence-corrected chi connectivity index (χ0v) is 11.1. The minimum Gasteiger partial charge on any atom is -0.489 e.